The van der Waals surface area contributed by atoms with Gasteiger partial charge in [0.05, 0.1) is 50.5 Å². The zero-order chi connectivity index (χ0) is 83.4. The molecule has 4 heterocycles. The Bertz CT molecular complexity index is 4410. The molecule has 0 bridgehead atoms. The van der Waals surface area contributed by atoms with E-state index in [0.717, 1.165) is 4.90 Å². The first-order valence-electron chi connectivity index (χ1n) is 39.2. The number of carbonyl (C=O) groups excluding carboxylic acids is 7. The van der Waals surface area contributed by atoms with Crippen LogP contribution in [0.3, 0.4) is 0 Å². The van der Waals surface area contributed by atoms with Crippen LogP contribution in [0.25, 0.3) is 0 Å². The number of aliphatic hydroxyl groups excluding tert-OH is 6. The van der Waals surface area contributed by atoms with Crippen molar-refractivity contribution in [3.05, 3.63) is 251 Å². The summed E-state index contributed by atoms with van der Waals surface area (Å²) in [5.41, 5.74) is 1.98. The Morgan fingerprint density at radius 3 is 1.39 bits per heavy atom. The maximum absolute atomic E-state index is 14.7. The quantitative estimate of drug-likeness (QED) is 0.0260. The smallest absolute Gasteiger partial charge is 0.412 e. The first-order valence-corrected chi connectivity index (χ1v) is 39.2. The van der Waals surface area contributed by atoms with E-state index >= 15 is 0 Å². The van der Waals surface area contributed by atoms with Crippen LogP contribution in [0.4, 0.5) is 28.8 Å². The normalized spacial score (nSPS) is 28.8. The van der Waals surface area contributed by atoms with Gasteiger partial charge in [-0.2, -0.15) is 0 Å². The molecule has 634 valence electrons. The molecule has 4 aliphatic heterocycles. The largest absolute Gasteiger partial charge is 0.445 e. The minimum atomic E-state index is -2.21. The molecule has 4 saturated heterocycles. The molecule has 7 aromatic carbocycles. The maximum Gasteiger partial charge on any atom is 0.412 e. The number of benzene rings is 7. The Morgan fingerprint density at radius 2 is 0.882 bits per heavy atom. The second-order valence-electron chi connectivity index (χ2n) is 29.7. The second kappa shape index (κ2) is 41.2. The van der Waals surface area contributed by atoms with Crippen LogP contribution in [0.2, 0.25) is 0 Å². The predicted octanol–water partition coefficient (Wildman–Crippen LogP) is 5.10. The number of nitrogens with zero attached hydrogens (tertiary/aromatic N) is 2. The summed E-state index contributed by atoms with van der Waals surface area (Å²) in [6, 6.07) is 53.8. The van der Waals surface area contributed by atoms with E-state index in [-0.39, 0.29) is 65.6 Å². The lowest BCUT2D eigenvalue weighted by Crippen LogP contribution is -2.70. The van der Waals surface area contributed by atoms with Gasteiger partial charge in [0.15, 0.2) is 25.1 Å². The van der Waals surface area contributed by atoms with E-state index in [1.54, 1.807) is 212 Å². The van der Waals surface area contributed by atoms with E-state index in [2.05, 4.69) is 26.6 Å². The number of hydrogen-bond donors (Lipinski definition) is 12. The summed E-state index contributed by atoms with van der Waals surface area (Å²) in [5, 5.41) is 98.0. The first kappa shape index (κ1) is 85.9. The van der Waals surface area contributed by atoms with Crippen molar-refractivity contribution in [2.45, 2.75) is 193 Å². The molecule has 2 saturated carbocycles. The standard InChI is InChI=1S/C85H97N7O27/c93-37-36-91(83(104)111-49-55-30-16-5-17-31-55)42-63-62(95)39-61(89-81(102)109-47-53-26-12-3-13-27-53)75(113-63)117-70-60(88-80(101)108-46-52-24-10-2-11-25-52)38-59(87-78(99)85(106)40-58(41-85)86-79(100)107-45-51-22-8-1-9-23-51)67(96)73(70)119-77-69(98)72(65(44-94)115-77)118-76-66(90-82(103)110-48-54-28-14-4-15-29-54)68(97)71-64(114-76)43-92(74(116-71)57-34-20-7-21-35-57)84(105)112-50-56-32-18-6-19-33-56/h1-35,58-77,93-98,106H,36-50H2,(H,86,100)(H,87,99)(H,88,101)(H,89,102)(H,90,103)/t58?,59-,60+,61-,62+,63-,64+,65-,66-,67+,68-,69-,70-,71-,72-,73-,74?,75-,76-,77+,85?/m1/s1. The average Bonchev–Trinajstić information content (AvgIpc) is 1.57. The van der Waals surface area contributed by atoms with Crippen molar-refractivity contribution >= 4 is 42.5 Å². The number of amides is 7. The third kappa shape index (κ3) is 22.7. The molecule has 12 N–H and O–H groups in total. The Balaban J connectivity index is 0.824. The average molecular weight is 1650 g/mol. The fourth-order valence-electron chi connectivity index (χ4n) is 15.0. The zero-order valence-corrected chi connectivity index (χ0v) is 64.6. The Morgan fingerprint density at radius 1 is 0.437 bits per heavy atom. The van der Waals surface area contributed by atoms with Crippen LogP contribution < -0.4 is 26.6 Å². The SMILES string of the molecule is O=C(NC1CC(O)(C(=O)N[C@@H]2C[C@H](NC(=O)OCc3ccccc3)[C@@H](O[C@H]3O[C@H](CN(CCO)C(=O)OCc4ccccc4)[C@@H](O)C[C@H]3NC(=O)OCc3ccccc3)[C@H](O[C@@H]3O[C@H](CO)[C@@H](O[C@H]4O[C@H]5CN(C(=O)OCc6ccccc6)C(c6ccccc6)O[C@H]5[C@H](O)[C@H]4NC(=O)OCc4ccccc4)[C@H]3O)[C@H]2O)C1)OCc1ccccc1. The minimum absolute atomic E-state index is 0.0825. The molecule has 34 heteroatoms. The van der Waals surface area contributed by atoms with Crippen LogP contribution in [-0.2, 0) is 106 Å². The molecule has 0 aromatic heterocycles. The monoisotopic (exact) mass is 1650 g/mol. The Hall–Kier alpha value is -10.9. The van der Waals surface area contributed by atoms with Crippen molar-refractivity contribution < 1.29 is 131 Å². The highest BCUT2D eigenvalue weighted by atomic mass is 16.8. The molecular weight excluding hydrogens is 1550 g/mol. The number of aliphatic hydroxyl groups is 7. The third-order valence-electron chi connectivity index (χ3n) is 21.2. The van der Waals surface area contributed by atoms with E-state index in [4.69, 9.17) is 61.6 Å². The summed E-state index contributed by atoms with van der Waals surface area (Å²) < 4.78 is 80.6. The highest BCUT2D eigenvalue weighted by molar-refractivity contribution is 5.87. The molecule has 0 radical (unpaired) electrons. The lowest BCUT2D eigenvalue weighted by molar-refractivity contribution is -0.323. The molecule has 0 spiro atoms. The zero-order valence-electron chi connectivity index (χ0n) is 64.6. The fourth-order valence-corrected chi connectivity index (χ4v) is 15.0. The predicted molar refractivity (Wildman–Crippen MR) is 414 cm³/mol. The number of carbonyl (C=O) groups is 7. The molecule has 119 heavy (non-hydrogen) atoms. The minimum Gasteiger partial charge on any atom is -0.445 e. The van der Waals surface area contributed by atoms with Gasteiger partial charge >= 0.3 is 36.6 Å². The van der Waals surface area contributed by atoms with Crippen LogP contribution in [-0.4, -0.2) is 243 Å². The Kier molecular flexibility index (Phi) is 29.7. The summed E-state index contributed by atoms with van der Waals surface area (Å²) >= 11 is 0. The molecule has 6 fully saturated rings. The van der Waals surface area contributed by atoms with Crippen molar-refractivity contribution in [3.8, 4) is 0 Å². The van der Waals surface area contributed by atoms with Gasteiger partial charge in [0.25, 0.3) is 5.91 Å². The number of alkyl carbamates (subject to hydrolysis) is 4. The summed E-state index contributed by atoms with van der Waals surface area (Å²) in [5.74, 6) is -1.07. The highest BCUT2D eigenvalue weighted by Gasteiger charge is 2.59. The summed E-state index contributed by atoms with van der Waals surface area (Å²) in [4.78, 5) is 101. The van der Waals surface area contributed by atoms with Gasteiger partial charge in [-0.05, 0) is 39.8 Å². The molecule has 2 aliphatic carbocycles. The van der Waals surface area contributed by atoms with Gasteiger partial charge in [0.2, 0.25) is 0 Å². The first-order chi connectivity index (χ1) is 57.7. The number of rotatable bonds is 30. The molecule has 7 amide bonds. The maximum atomic E-state index is 14.7. The van der Waals surface area contributed by atoms with Crippen LogP contribution in [0, 0.1) is 0 Å². The topological polar surface area (TPSA) is 448 Å². The molecule has 19 atom stereocenters. The van der Waals surface area contributed by atoms with E-state index in [1.165, 1.54) is 4.90 Å². The van der Waals surface area contributed by atoms with Crippen molar-refractivity contribution in [2.24, 2.45) is 0 Å². The van der Waals surface area contributed by atoms with Crippen LogP contribution in [0.5, 0.6) is 0 Å². The summed E-state index contributed by atoms with van der Waals surface area (Å²) in [7, 11) is 0. The van der Waals surface area contributed by atoms with Gasteiger partial charge in [-0.1, -0.05) is 212 Å². The van der Waals surface area contributed by atoms with Crippen LogP contribution >= 0.6 is 0 Å². The van der Waals surface area contributed by atoms with Gasteiger partial charge in [-0.3, -0.25) is 9.69 Å². The van der Waals surface area contributed by atoms with Crippen molar-refractivity contribution in [2.75, 3.05) is 32.8 Å². The van der Waals surface area contributed by atoms with E-state index in [1.807, 2.05) is 0 Å². The molecular formula is C85H97N7O27. The van der Waals surface area contributed by atoms with E-state index < -0.39 is 203 Å². The molecule has 1 unspecified atom stereocenters. The molecule has 34 nitrogen and oxygen atoms in total. The number of hydrogen-bond acceptors (Lipinski definition) is 27. The lowest BCUT2D eigenvalue weighted by Gasteiger charge is -2.51. The van der Waals surface area contributed by atoms with Crippen LogP contribution in [0.1, 0.15) is 70.9 Å². The molecule has 7 aromatic rings. The molecule has 6 aliphatic rings. The van der Waals surface area contributed by atoms with Gasteiger partial charge in [-0.15, -0.1) is 0 Å². The summed E-state index contributed by atoms with van der Waals surface area (Å²) in [6.45, 7) is -3.97. The van der Waals surface area contributed by atoms with E-state index in [0.29, 0.717) is 38.9 Å². The van der Waals surface area contributed by atoms with Crippen molar-refractivity contribution in [3.63, 3.8) is 0 Å². The number of ether oxygens (including phenoxy) is 13. The number of fused-ring (bicyclic) bond motifs is 1. The van der Waals surface area contributed by atoms with Crippen LogP contribution in [0.15, 0.2) is 212 Å². The summed E-state index contributed by atoms with van der Waals surface area (Å²) in [6.07, 6.45) is -33.7. The van der Waals surface area contributed by atoms with Crippen molar-refractivity contribution in [1.29, 1.82) is 0 Å². The van der Waals surface area contributed by atoms with E-state index in [9.17, 15) is 69.3 Å². The van der Waals surface area contributed by atoms with Gasteiger partial charge in [-0.25, -0.2) is 28.8 Å². The Labute approximate surface area is 684 Å². The lowest BCUT2D eigenvalue weighted by atomic mass is 9.74. The number of nitrogens with one attached hydrogen (secondary N) is 5. The fraction of sp³-hybridized carbons (Fsp3) is 0.424. The van der Waals surface area contributed by atoms with Gasteiger partial charge in [0, 0.05) is 37.4 Å². The van der Waals surface area contributed by atoms with Gasteiger partial charge < -0.3 is 129 Å². The third-order valence-corrected chi connectivity index (χ3v) is 21.2. The molecule has 13 rings (SSSR count). The second-order valence-corrected chi connectivity index (χ2v) is 29.7. The van der Waals surface area contributed by atoms with Gasteiger partial charge in [0.1, 0.15) is 112 Å². The highest BCUT2D eigenvalue weighted by Crippen LogP contribution is 2.41. The van der Waals surface area contributed by atoms with Crippen molar-refractivity contribution in [1.82, 2.24) is 36.4 Å².